The maximum absolute atomic E-state index is 12.5. The van der Waals surface area contributed by atoms with Gasteiger partial charge in [-0.1, -0.05) is 0 Å². The van der Waals surface area contributed by atoms with Crippen LogP contribution in [0.2, 0.25) is 0 Å². The number of hydrogen-bond donors (Lipinski definition) is 1. The van der Waals surface area contributed by atoms with Gasteiger partial charge < -0.3 is 5.73 Å². The molecule has 0 saturated heterocycles. The summed E-state index contributed by atoms with van der Waals surface area (Å²) in [6, 6.07) is 1.60. The molecule has 1 aromatic rings. The van der Waals surface area contributed by atoms with Crippen LogP contribution in [0.3, 0.4) is 0 Å². The van der Waals surface area contributed by atoms with Crippen molar-refractivity contribution in [1.29, 1.82) is 0 Å². The molecule has 0 aromatic heterocycles. The molecule has 0 atom stereocenters. The Kier molecular flexibility index (Phi) is 3.73. The molecule has 0 fully saturated rings. The predicted molar refractivity (Wildman–Crippen MR) is 58.7 cm³/mol. The van der Waals surface area contributed by atoms with E-state index in [1.54, 1.807) is 0 Å². The van der Waals surface area contributed by atoms with Gasteiger partial charge in [-0.05, 0) is 28.7 Å². The van der Waals surface area contributed by atoms with Gasteiger partial charge in [0.2, 0.25) is 0 Å². The van der Waals surface area contributed by atoms with Gasteiger partial charge in [0, 0.05) is 21.7 Å². The number of alkyl halides is 3. The predicted octanol–water partition coefficient (Wildman–Crippen LogP) is 2.68. The monoisotopic (exact) mass is 346 g/mol. The number of benzene rings is 1. The first-order valence-electron chi connectivity index (χ1n) is 4.01. The van der Waals surface area contributed by atoms with Crippen LogP contribution in [0.1, 0.15) is 11.1 Å². The zero-order chi connectivity index (χ0) is 12.5. The van der Waals surface area contributed by atoms with E-state index in [9.17, 15) is 23.3 Å². The number of halogens is 4. The van der Waals surface area contributed by atoms with Crippen LogP contribution in [0.15, 0.2) is 12.1 Å². The number of nitro groups is 1. The van der Waals surface area contributed by atoms with Crippen molar-refractivity contribution in [2.75, 3.05) is 0 Å². The van der Waals surface area contributed by atoms with Crippen LogP contribution in [0.4, 0.5) is 18.9 Å². The molecule has 88 valence electrons. The highest BCUT2D eigenvalue weighted by atomic mass is 127. The van der Waals surface area contributed by atoms with Crippen molar-refractivity contribution in [2.24, 2.45) is 5.73 Å². The SMILES string of the molecule is NCc1cc(C(F)(F)F)c(I)cc1[N+](=O)[O-]. The number of nitrogens with two attached hydrogens (primary N) is 1. The summed E-state index contributed by atoms with van der Waals surface area (Å²) in [6.07, 6.45) is -4.53. The summed E-state index contributed by atoms with van der Waals surface area (Å²) in [7, 11) is 0. The molecule has 0 amide bonds. The van der Waals surface area contributed by atoms with E-state index in [1.165, 1.54) is 22.6 Å². The summed E-state index contributed by atoms with van der Waals surface area (Å²) in [5.74, 6) is 0. The number of rotatable bonds is 2. The zero-order valence-corrected chi connectivity index (χ0v) is 9.87. The summed E-state index contributed by atoms with van der Waals surface area (Å²) in [5, 5.41) is 10.6. The van der Waals surface area contributed by atoms with Gasteiger partial charge in [0.15, 0.2) is 0 Å². The van der Waals surface area contributed by atoms with Gasteiger partial charge in [-0.2, -0.15) is 13.2 Å². The third-order valence-corrected chi connectivity index (χ3v) is 2.78. The Morgan fingerprint density at radius 2 is 2.00 bits per heavy atom. The van der Waals surface area contributed by atoms with Crippen LogP contribution in [-0.4, -0.2) is 4.92 Å². The molecule has 0 bridgehead atoms. The molecular formula is C8H6F3IN2O2. The Balaban J connectivity index is 3.43. The Morgan fingerprint density at radius 3 is 2.38 bits per heavy atom. The van der Waals surface area contributed by atoms with Gasteiger partial charge in [-0.15, -0.1) is 0 Å². The van der Waals surface area contributed by atoms with E-state index < -0.39 is 16.7 Å². The number of nitrogens with zero attached hydrogens (tertiary/aromatic N) is 1. The molecule has 1 rings (SSSR count). The topological polar surface area (TPSA) is 69.2 Å². The number of hydrogen-bond acceptors (Lipinski definition) is 3. The molecular weight excluding hydrogens is 340 g/mol. The summed E-state index contributed by atoms with van der Waals surface area (Å²) >= 11 is 1.41. The van der Waals surface area contributed by atoms with Crippen LogP contribution in [0.5, 0.6) is 0 Å². The Hall–Kier alpha value is -0.900. The molecule has 0 aliphatic carbocycles. The second-order valence-electron chi connectivity index (χ2n) is 2.92. The molecule has 0 aliphatic rings. The normalized spacial score (nSPS) is 11.6. The first kappa shape index (κ1) is 13.2. The van der Waals surface area contributed by atoms with Crippen molar-refractivity contribution < 1.29 is 18.1 Å². The second kappa shape index (κ2) is 4.53. The summed E-state index contributed by atoms with van der Waals surface area (Å²) in [4.78, 5) is 9.81. The maximum atomic E-state index is 12.5. The minimum absolute atomic E-state index is 0.127. The highest BCUT2D eigenvalue weighted by Crippen LogP contribution is 2.36. The molecule has 2 N–H and O–H groups in total. The average Bonchev–Trinajstić information content (AvgIpc) is 2.15. The second-order valence-corrected chi connectivity index (χ2v) is 4.08. The van der Waals surface area contributed by atoms with E-state index in [0.717, 1.165) is 12.1 Å². The molecule has 1 aromatic carbocycles. The maximum Gasteiger partial charge on any atom is 0.417 e. The zero-order valence-electron chi connectivity index (χ0n) is 7.71. The molecule has 0 unspecified atom stereocenters. The van der Waals surface area contributed by atoms with Crippen LogP contribution >= 0.6 is 22.6 Å². The van der Waals surface area contributed by atoms with Gasteiger partial charge in [-0.25, -0.2) is 0 Å². The number of nitro benzene ring substituents is 1. The van der Waals surface area contributed by atoms with Crippen molar-refractivity contribution in [3.05, 3.63) is 36.9 Å². The fraction of sp³-hybridized carbons (Fsp3) is 0.250. The molecule has 8 heteroatoms. The van der Waals surface area contributed by atoms with Gasteiger partial charge in [0.1, 0.15) is 0 Å². The first-order valence-corrected chi connectivity index (χ1v) is 5.09. The van der Waals surface area contributed by atoms with E-state index in [0.29, 0.717) is 0 Å². The summed E-state index contributed by atoms with van der Waals surface area (Å²) < 4.78 is 37.2. The van der Waals surface area contributed by atoms with Crippen molar-refractivity contribution >= 4 is 28.3 Å². The lowest BCUT2D eigenvalue weighted by atomic mass is 10.1. The van der Waals surface area contributed by atoms with Crippen molar-refractivity contribution in [3.63, 3.8) is 0 Å². The lowest BCUT2D eigenvalue weighted by molar-refractivity contribution is -0.385. The highest BCUT2D eigenvalue weighted by Gasteiger charge is 2.34. The van der Waals surface area contributed by atoms with E-state index in [1.807, 2.05) is 0 Å². The fourth-order valence-electron chi connectivity index (χ4n) is 1.16. The minimum Gasteiger partial charge on any atom is -0.326 e. The van der Waals surface area contributed by atoms with Crippen molar-refractivity contribution in [3.8, 4) is 0 Å². The van der Waals surface area contributed by atoms with Crippen LogP contribution in [-0.2, 0) is 12.7 Å². The van der Waals surface area contributed by atoms with Crippen molar-refractivity contribution in [1.82, 2.24) is 0 Å². The summed E-state index contributed by atoms with van der Waals surface area (Å²) in [5.41, 5.74) is 3.76. The standard InChI is InChI=1S/C8H6F3IN2O2/c9-8(10,11)5-1-4(3-13)7(14(15)16)2-6(5)12/h1-2H,3,13H2. The Bertz CT molecular complexity index is 434. The van der Waals surface area contributed by atoms with E-state index in [4.69, 9.17) is 5.73 Å². The van der Waals surface area contributed by atoms with Gasteiger partial charge in [0.25, 0.3) is 5.69 Å². The molecule has 0 heterocycles. The highest BCUT2D eigenvalue weighted by molar-refractivity contribution is 14.1. The van der Waals surface area contributed by atoms with Crippen molar-refractivity contribution in [2.45, 2.75) is 12.7 Å². The Morgan fingerprint density at radius 1 is 1.44 bits per heavy atom. The quantitative estimate of drug-likeness (QED) is 0.509. The summed E-state index contributed by atoms with van der Waals surface area (Å²) in [6.45, 7) is -0.309. The molecule has 4 nitrogen and oxygen atoms in total. The van der Waals surface area contributed by atoms with E-state index >= 15 is 0 Å². The third-order valence-electron chi connectivity index (χ3n) is 1.89. The molecule has 0 saturated carbocycles. The van der Waals surface area contributed by atoms with E-state index in [-0.39, 0.29) is 21.4 Å². The lowest BCUT2D eigenvalue weighted by Crippen LogP contribution is -2.11. The van der Waals surface area contributed by atoms with Crippen LogP contribution < -0.4 is 5.73 Å². The fourth-order valence-corrected chi connectivity index (χ4v) is 1.91. The van der Waals surface area contributed by atoms with Gasteiger partial charge in [0.05, 0.1) is 10.5 Å². The third kappa shape index (κ3) is 2.61. The largest absolute Gasteiger partial charge is 0.417 e. The van der Waals surface area contributed by atoms with Crippen LogP contribution in [0.25, 0.3) is 0 Å². The average molecular weight is 346 g/mol. The first-order chi connectivity index (χ1) is 7.27. The lowest BCUT2D eigenvalue weighted by Gasteiger charge is -2.10. The minimum atomic E-state index is -4.53. The molecule has 0 spiro atoms. The molecule has 0 aliphatic heterocycles. The van der Waals surface area contributed by atoms with E-state index in [2.05, 4.69) is 0 Å². The molecule has 0 radical (unpaired) electrons. The van der Waals surface area contributed by atoms with Gasteiger partial charge >= 0.3 is 6.18 Å². The Labute approximate surface area is 102 Å². The van der Waals surface area contributed by atoms with Crippen LogP contribution in [0, 0.1) is 13.7 Å². The smallest absolute Gasteiger partial charge is 0.326 e. The van der Waals surface area contributed by atoms with Gasteiger partial charge in [-0.3, -0.25) is 10.1 Å². The molecule has 16 heavy (non-hydrogen) atoms.